The lowest BCUT2D eigenvalue weighted by Crippen LogP contribution is -2.40. The van der Waals surface area contributed by atoms with Crippen molar-refractivity contribution in [1.82, 2.24) is 9.80 Å². The predicted molar refractivity (Wildman–Crippen MR) is 223 cm³/mol. The SMILES string of the molecule is CCCCCC=CCC=CCCCCCCCCC(CCCCCCCCC=CCC=CCCCCC)N(CCCCN(CC)CC)C(=O)O. The highest BCUT2D eigenvalue weighted by atomic mass is 16.4. The van der Waals surface area contributed by atoms with E-state index in [1.165, 1.54) is 128 Å². The van der Waals surface area contributed by atoms with Crippen LogP contribution in [0.3, 0.4) is 0 Å². The van der Waals surface area contributed by atoms with Crippen LogP contribution in [0.25, 0.3) is 0 Å². The molecule has 0 bridgehead atoms. The Kier molecular flexibility index (Phi) is 38.5. The maximum atomic E-state index is 12.4. The van der Waals surface area contributed by atoms with E-state index in [1.54, 1.807) is 0 Å². The summed E-state index contributed by atoms with van der Waals surface area (Å²) in [6.07, 6.45) is 52.1. The Morgan fingerprint density at radius 3 is 1.20 bits per heavy atom. The number of carbonyl (C=O) groups is 1. The molecule has 1 N–H and O–H groups in total. The number of hydrogen-bond donors (Lipinski definition) is 1. The number of rotatable bonds is 38. The van der Waals surface area contributed by atoms with Crippen LogP contribution >= 0.6 is 0 Å². The number of hydrogen-bond acceptors (Lipinski definition) is 2. The largest absolute Gasteiger partial charge is 0.465 e. The standard InChI is InChI=1S/C46H86N2O2/c1-5-9-11-13-15-17-19-21-23-25-27-29-31-33-35-37-41-45(48(46(49)50)44-40-39-43-47(7-3)8-4)42-38-36-34-32-30-28-26-24-22-20-18-16-14-12-10-6-2/h15-18,21-24,45H,5-14,19-20,25-44H2,1-4H3,(H,49,50). The Bertz CT molecular complexity index is 765. The first-order valence-corrected chi connectivity index (χ1v) is 21.9. The van der Waals surface area contributed by atoms with Crippen LogP contribution in [-0.4, -0.2) is 53.2 Å². The first kappa shape index (κ1) is 48.2. The van der Waals surface area contributed by atoms with Crippen LogP contribution in [0.15, 0.2) is 48.6 Å². The molecule has 0 saturated carbocycles. The molecule has 0 rings (SSSR count). The average Bonchev–Trinajstić information content (AvgIpc) is 3.12. The molecule has 4 nitrogen and oxygen atoms in total. The van der Waals surface area contributed by atoms with Crippen molar-refractivity contribution in [3.05, 3.63) is 48.6 Å². The molecule has 292 valence electrons. The molecule has 0 spiro atoms. The summed E-state index contributed by atoms with van der Waals surface area (Å²) in [6, 6.07) is 0.178. The molecule has 0 aromatic heterocycles. The minimum absolute atomic E-state index is 0.178. The van der Waals surface area contributed by atoms with Gasteiger partial charge in [0, 0.05) is 12.6 Å². The van der Waals surface area contributed by atoms with Crippen molar-refractivity contribution >= 4 is 6.09 Å². The second-order valence-electron chi connectivity index (χ2n) is 14.6. The summed E-state index contributed by atoms with van der Waals surface area (Å²) in [6.45, 7) is 12.8. The van der Waals surface area contributed by atoms with Gasteiger partial charge >= 0.3 is 6.09 Å². The molecular formula is C46H86N2O2. The lowest BCUT2D eigenvalue weighted by atomic mass is 9.98. The summed E-state index contributed by atoms with van der Waals surface area (Å²) in [5, 5.41) is 10.2. The third-order valence-corrected chi connectivity index (χ3v) is 10.2. The van der Waals surface area contributed by atoms with E-state index < -0.39 is 6.09 Å². The Labute approximate surface area is 313 Å². The van der Waals surface area contributed by atoms with Crippen molar-refractivity contribution in [2.75, 3.05) is 26.2 Å². The molecule has 1 amide bonds. The molecule has 0 saturated heterocycles. The summed E-state index contributed by atoms with van der Waals surface area (Å²) in [5.74, 6) is 0. The summed E-state index contributed by atoms with van der Waals surface area (Å²) in [5.41, 5.74) is 0. The summed E-state index contributed by atoms with van der Waals surface area (Å²) in [4.78, 5) is 16.7. The maximum absolute atomic E-state index is 12.4. The molecule has 0 aliphatic rings. The minimum atomic E-state index is -0.710. The smallest absolute Gasteiger partial charge is 0.407 e. The zero-order valence-electron chi connectivity index (χ0n) is 34.1. The van der Waals surface area contributed by atoms with Gasteiger partial charge in [0.25, 0.3) is 0 Å². The quantitative estimate of drug-likeness (QED) is 0.0516. The maximum Gasteiger partial charge on any atom is 0.407 e. The van der Waals surface area contributed by atoms with Crippen LogP contribution < -0.4 is 0 Å². The molecule has 4 heteroatoms. The van der Waals surface area contributed by atoms with Gasteiger partial charge in [-0.05, 0) is 110 Å². The van der Waals surface area contributed by atoms with Gasteiger partial charge < -0.3 is 14.9 Å². The summed E-state index contributed by atoms with van der Waals surface area (Å²) in [7, 11) is 0. The van der Waals surface area contributed by atoms with E-state index in [9.17, 15) is 9.90 Å². The van der Waals surface area contributed by atoms with Crippen molar-refractivity contribution < 1.29 is 9.90 Å². The van der Waals surface area contributed by atoms with Crippen LogP contribution in [0.2, 0.25) is 0 Å². The number of nitrogens with zero attached hydrogens (tertiary/aromatic N) is 2. The van der Waals surface area contributed by atoms with Gasteiger partial charge in [-0.1, -0.05) is 166 Å². The van der Waals surface area contributed by atoms with Crippen molar-refractivity contribution in [2.24, 2.45) is 0 Å². The van der Waals surface area contributed by atoms with Gasteiger partial charge in [0.15, 0.2) is 0 Å². The van der Waals surface area contributed by atoms with Crippen LogP contribution in [-0.2, 0) is 0 Å². The topological polar surface area (TPSA) is 43.8 Å². The number of unbranched alkanes of at least 4 members (excludes halogenated alkanes) is 19. The van der Waals surface area contributed by atoms with Gasteiger partial charge in [0.05, 0.1) is 0 Å². The van der Waals surface area contributed by atoms with E-state index in [4.69, 9.17) is 0 Å². The fraction of sp³-hybridized carbons (Fsp3) is 0.804. The molecular weight excluding hydrogens is 613 g/mol. The molecule has 0 aliphatic carbocycles. The monoisotopic (exact) mass is 699 g/mol. The lowest BCUT2D eigenvalue weighted by molar-refractivity contribution is 0.114. The fourth-order valence-corrected chi connectivity index (χ4v) is 6.78. The fourth-order valence-electron chi connectivity index (χ4n) is 6.78. The van der Waals surface area contributed by atoms with Crippen LogP contribution in [0.1, 0.15) is 207 Å². The molecule has 0 aliphatic heterocycles. The Morgan fingerprint density at radius 1 is 0.460 bits per heavy atom. The van der Waals surface area contributed by atoms with Crippen LogP contribution in [0.4, 0.5) is 4.79 Å². The highest BCUT2D eigenvalue weighted by Gasteiger charge is 2.22. The van der Waals surface area contributed by atoms with Crippen molar-refractivity contribution in [1.29, 1.82) is 0 Å². The third kappa shape index (κ3) is 33.3. The van der Waals surface area contributed by atoms with Gasteiger partial charge in [-0.15, -0.1) is 0 Å². The number of carboxylic acid groups (broad SMARTS) is 1. The first-order chi connectivity index (χ1) is 24.6. The zero-order valence-corrected chi connectivity index (χ0v) is 34.1. The van der Waals surface area contributed by atoms with E-state index in [2.05, 4.69) is 81.2 Å². The van der Waals surface area contributed by atoms with E-state index in [0.717, 1.165) is 71.0 Å². The van der Waals surface area contributed by atoms with E-state index in [-0.39, 0.29) is 6.04 Å². The molecule has 0 unspecified atom stereocenters. The van der Waals surface area contributed by atoms with Crippen LogP contribution in [0, 0.1) is 0 Å². The molecule has 0 radical (unpaired) electrons. The van der Waals surface area contributed by atoms with Crippen LogP contribution in [0.5, 0.6) is 0 Å². The predicted octanol–water partition coefficient (Wildman–Crippen LogP) is 14.9. The van der Waals surface area contributed by atoms with Gasteiger partial charge in [-0.3, -0.25) is 0 Å². The molecule has 50 heavy (non-hydrogen) atoms. The third-order valence-electron chi connectivity index (χ3n) is 10.2. The number of amides is 1. The molecule has 0 fully saturated rings. The molecule has 0 aromatic rings. The van der Waals surface area contributed by atoms with Gasteiger partial charge in [-0.25, -0.2) is 4.79 Å². The Balaban J connectivity index is 4.39. The van der Waals surface area contributed by atoms with Crippen molar-refractivity contribution in [3.63, 3.8) is 0 Å². The second kappa shape index (κ2) is 40.0. The Morgan fingerprint density at radius 2 is 0.820 bits per heavy atom. The normalized spacial score (nSPS) is 12.9. The van der Waals surface area contributed by atoms with Gasteiger partial charge in [0.2, 0.25) is 0 Å². The van der Waals surface area contributed by atoms with Gasteiger partial charge in [-0.2, -0.15) is 0 Å². The van der Waals surface area contributed by atoms with E-state index >= 15 is 0 Å². The number of allylic oxidation sites excluding steroid dienone is 8. The highest BCUT2D eigenvalue weighted by Crippen LogP contribution is 2.20. The highest BCUT2D eigenvalue weighted by molar-refractivity contribution is 5.65. The van der Waals surface area contributed by atoms with Crippen molar-refractivity contribution in [2.45, 2.75) is 214 Å². The molecule has 0 aromatic carbocycles. The lowest BCUT2D eigenvalue weighted by Gasteiger charge is -2.30. The molecule has 0 heterocycles. The van der Waals surface area contributed by atoms with Gasteiger partial charge in [0.1, 0.15) is 0 Å². The second-order valence-corrected chi connectivity index (χ2v) is 14.6. The molecule has 0 atom stereocenters. The summed E-state index contributed by atoms with van der Waals surface area (Å²) >= 11 is 0. The minimum Gasteiger partial charge on any atom is -0.465 e. The van der Waals surface area contributed by atoms with E-state index in [1.807, 2.05) is 4.90 Å². The zero-order chi connectivity index (χ0) is 36.6. The first-order valence-electron chi connectivity index (χ1n) is 21.9. The Hall–Kier alpha value is -1.81. The van der Waals surface area contributed by atoms with Crippen molar-refractivity contribution in [3.8, 4) is 0 Å². The average molecular weight is 699 g/mol. The van der Waals surface area contributed by atoms with E-state index in [0.29, 0.717) is 6.54 Å². The summed E-state index contributed by atoms with van der Waals surface area (Å²) < 4.78 is 0.